The number of nitrogens with one attached hydrogen (secondary N) is 1. The summed E-state index contributed by atoms with van der Waals surface area (Å²) in [5.41, 5.74) is 2.36. The van der Waals surface area contributed by atoms with Crippen molar-refractivity contribution in [1.29, 1.82) is 0 Å². The van der Waals surface area contributed by atoms with Crippen LogP contribution in [0.1, 0.15) is 20.7 Å². The third-order valence-corrected chi connectivity index (χ3v) is 4.41. The van der Waals surface area contributed by atoms with Crippen molar-refractivity contribution in [3.8, 4) is 17.0 Å². The molecule has 2 aromatic carbocycles. The van der Waals surface area contributed by atoms with Crippen molar-refractivity contribution < 1.29 is 19.1 Å². The zero-order valence-electron chi connectivity index (χ0n) is 14.2. The number of benzene rings is 2. The van der Waals surface area contributed by atoms with Crippen LogP contribution in [0.5, 0.6) is 5.75 Å². The van der Waals surface area contributed by atoms with Crippen LogP contribution in [0.25, 0.3) is 11.3 Å². The van der Waals surface area contributed by atoms with Gasteiger partial charge in [-0.2, -0.15) is 0 Å². The van der Waals surface area contributed by atoms with Gasteiger partial charge in [0.05, 0.1) is 25.5 Å². The Bertz CT molecular complexity index is 935. The molecule has 1 heterocycles. The van der Waals surface area contributed by atoms with E-state index in [4.69, 9.17) is 4.74 Å². The van der Waals surface area contributed by atoms with Gasteiger partial charge in [-0.25, -0.2) is 9.78 Å². The Balaban J connectivity index is 1.74. The van der Waals surface area contributed by atoms with Gasteiger partial charge in [0.15, 0.2) is 5.13 Å². The first-order valence-corrected chi connectivity index (χ1v) is 8.58. The number of rotatable bonds is 5. The molecule has 0 radical (unpaired) electrons. The fourth-order valence-corrected chi connectivity index (χ4v) is 3.01. The molecular formula is C19H16N2O4S. The Hall–Kier alpha value is -3.19. The molecule has 0 saturated heterocycles. The van der Waals surface area contributed by atoms with E-state index in [1.165, 1.54) is 24.5 Å². The molecule has 0 bridgehead atoms. The summed E-state index contributed by atoms with van der Waals surface area (Å²) in [5.74, 6) is -0.0648. The Morgan fingerprint density at radius 3 is 2.46 bits per heavy atom. The summed E-state index contributed by atoms with van der Waals surface area (Å²) in [6.07, 6.45) is 0. The standard InChI is InChI=1S/C19H16N2O4S/c1-24-15-8-6-12(7-9-15)16-11-26-19(20-16)21-17(22)13-4-3-5-14(10-13)18(23)25-2/h3-11H,1-2H3,(H,20,21,22). The van der Waals surface area contributed by atoms with Gasteiger partial charge in [-0.3, -0.25) is 10.1 Å². The number of nitrogens with zero attached hydrogens (tertiary/aromatic N) is 1. The van der Waals surface area contributed by atoms with Crippen LogP contribution in [-0.4, -0.2) is 31.1 Å². The van der Waals surface area contributed by atoms with E-state index in [2.05, 4.69) is 15.0 Å². The summed E-state index contributed by atoms with van der Waals surface area (Å²) in [4.78, 5) is 28.4. The van der Waals surface area contributed by atoms with E-state index >= 15 is 0 Å². The molecule has 132 valence electrons. The highest BCUT2D eigenvalue weighted by Crippen LogP contribution is 2.26. The van der Waals surface area contributed by atoms with Crippen molar-refractivity contribution in [3.05, 3.63) is 65.0 Å². The molecule has 6 nitrogen and oxygen atoms in total. The lowest BCUT2D eigenvalue weighted by Gasteiger charge is -2.04. The maximum Gasteiger partial charge on any atom is 0.337 e. The molecule has 0 aliphatic rings. The number of carbonyl (C=O) groups is 2. The molecule has 3 aromatic rings. The van der Waals surface area contributed by atoms with Crippen LogP contribution in [0.15, 0.2) is 53.9 Å². The van der Waals surface area contributed by atoms with Crippen LogP contribution in [0.3, 0.4) is 0 Å². The second-order valence-electron chi connectivity index (χ2n) is 5.29. The van der Waals surface area contributed by atoms with Crippen LogP contribution in [0.4, 0.5) is 5.13 Å². The maximum atomic E-state index is 12.4. The third-order valence-electron chi connectivity index (χ3n) is 3.66. The molecule has 26 heavy (non-hydrogen) atoms. The van der Waals surface area contributed by atoms with Crippen molar-refractivity contribution in [2.24, 2.45) is 0 Å². The van der Waals surface area contributed by atoms with Crippen molar-refractivity contribution in [3.63, 3.8) is 0 Å². The molecule has 0 unspecified atom stereocenters. The van der Waals surface area contributed by atoms with Crippen molar-refractivity contribution in [2.45, 2.75) is 0 Å². The van der Waals surface area contributed by atoms with Crippen molar-refractivity contribution >= 4 is 28.3 Å². The van der Waals surface area contributed by atoms with Crippen molar-refractivity contribution in [2.75, 3.05) is 19.5 Å². The van der Waals surface area contributed by atoms with Crippen LogP contribution in [0.2, 0.25) is 0 Å². The number of aromatic nitrogens is 1. The van der Waals surface area contributed by atoms with Gasteiger partial charge in [-0.1, -0.05) is 6.07 Å². The number of amides is 1. The van der Waals surface area contributed by atoms with E-state index in [9.17, 15) is 9.59 Å². The Morgan fingerprint density at radius 1 is 1.04 bits per heavy atom. The number of esters is 1. The summed E-state index contributed by atoms with van der Waals surface area (Å²) < 4.78 is 9.81. The monoisotopic (exact) mass is 368 g/mol. The van der Waals surface area contributed by atoms with E-state index in [0.717, 1.165) is 17.0 Å². The first-order chi connectivity index (χ1) is 12.6. The Morgan fingerprint density at radius 2 is 1.77 bits per heavy atom. The number of methoxy groups -OCH3 is 2. The summed E-state index contributed by atoms with van der Waals surface area (Å²) in [7, 11) is 2.91. The topological polar surface area (TPSA) is 77.5 Å². The minimum absolute atomic E-state index is 0.318. The first-order valence-electron chi connectivity index (χ1n) is 7.70. The lowest BCUT2D eigenvalue weighted by atomic mass is 10.1. The second kappa shape index (κ2) is 7.79. The van der Waals surface area contributed by atoms with E-state index in [1.54, 1.807) is 25.3 Å². The van der Waals surface area contributed by atoms with Gasteiger partial charge in [0, 0.05) is 16.5 Å². The molecule has 1 N–H and O–H groups in total. The smallest absolute Gasteiger partial charge is 0.337 e. The molecule has 0 aliphatic carbocycles. The lowest BCUT2D eigenvalue weighted by Crippen LogP contribution is -2.13. The number of ether oxygens (including phenoxy) is 2. The quantitative estimate of drug-likeness (QED) is 0.692. The molecule has 3 rings (SSSR count). The average molecular weight is 368 g/mol. The van der Waals surface area contributed by atoms with Gasteiger partial charge in [-0.05, 0) is 42.5 Å². The first kappa shape index (κ1) is 17.6. The Labute approximate surface area is 154 Å². The van der Waals surface area contributed by atoms with Crippen LogP contribution < -0.4 is 10.1 Å². The highest BCUT2D eigenvalue weighted by molar-refractivity contribution is 7.14. The molecule has 0 fully saturated rings. The SMILES string of the molecule is COC(=O)c1cccc(C(=O)Nc2nc(-c3ccc(OC)cc3)cs2)c1. The van der Waals surface area contributed by atoms with Gasteiger partial charge >= 0.3 is 5.97 Å². The average Bonchev–Trinajstić information content (AvgIpc) is 3.16. The summed E-state index contributed by atoms with van der Waals surface area (Å²) in [5, 5.41) is 5.09. The van der Waals surface area contributed by atoms with Gasteiger partial charge in [0.2, 0.25) is 0 Å². The van der Waals surface area contributed by atoms with Gasteiger partial charge in [-0.15, -0.1) is 11.3 Å². The number of hydrogen-bond donors (Lipinski definition) is 1. The lowest BCUT2D eigenvalue weighted by molar-refractivity contribution is 0.0600. The molecule has 0 saturated carbocycles. The van der Waals surface area contributed by atoms with E-state index in [-0.39, 0.29) is 5.91 Å². The molecule has 7 heteroatoms. The highest BCUT2D eigenvalue weighted by Gasteiger charge is 2.13. The predicted octanol–water partition coefficient (Wildman–Crippen LogP) is 3.86. The largest absolute Gasteiger partial charge is 0.497 e. The number of carbonyl (C=O) groups excluding carboxylic acids is 2. The normalized spacial score (nSPS) is 10.2. The van der Waals surface area contributed by atoms with E-state index in [0.29, 0.717) is 16.3 Å². The fourth-order valence-electron chi connectivity index (χ4n) is 2.30. The van der Waals surface area contributed by atoms with Crippen molar-refractivity contribution in [1.82, 2.24) is 4.98 Å². The van der Waals surface area contributed by atoms with E-state index in [1.807, 2.05) is 29.6 Å². The zero-order valence-corrected chi connectivity index (χ0v) is 15.0. The van der Waals surface area contributed by atoms with Crippen LogP contribution in [0, 0.1) is 0 Å². The van der Waals surface area contributed by atoms with Gasteiger partial charge < -0.3 is 9.47 Å². The molecule has 1 amide bonds. The van der Waals surface area contributed by atoms with Gasteiger partial charge in [0.1, 0.15) is 5.75 Å². The predicted molar refractivity (Wildman–Crippen MR) is 99.8 cm³/mol. The highest BCUT2D eigenvalue weighted by atomic mass is 32.1. The minimum Gasteiger partial charge on any atom is -0.497 e. The molecule has 0 aliphatic heterocycles. The number of hydrogen-bond acceptors (Lipinski definition) is 6. The van der Waals surface area contributed by atoms with Gasteiger partial charge in [0.25, 0.3) is 5.91 Å². The molecular weight excluding hydrogens is 352 g/mol. The molecule has 0 spiro atoms. The number of thiazole rings is 1. The molecule has 0 atom stereocenters. The summed E-state index contributed by atoms with van der Waals surface area (Å²) in [6, 6.07) is 13.8. The summed E-state index contributed by atoms with van der Waals surface area (Å²) >= 11 is 1.33. The minimum atomic E-state index is -0.490. The Kier molecular flexibility index (Phi) is 5.28. The third kappa shape index (κ3) is 3.89. The molecule has 1 aromatic heterocycles. The van der Waals surface area contributed by atoms with E-state index < -0.39 is 5.97 Å². The summed E-state index contributed by atoms with van der Waals surface area (Å²) in [6.45, 7) is 0. The number of anilines is 1. The fraction of sp³-hybridized carbons (Fsp3) is 0.105. The van der Waals surface area contributed by atoms with Crippen LogP contribution >= 0.6 is 11.3 Å². The second-order valence-corrected chi connectivity index (χ2v) is 6.15. The zero-order chi connectivity index (χ0) is 18.5. The van der Waals surface area contributed by atoms with Crippen LogP contribution in [-0.2, 0) is 4.74 Å². The maximum absolute atomic E-state index is 12.4.